The van der Waals surface area contributed by atoms with Gasteiger partial charge in [0.05, 0.1) is 6.10 Å². The highest BCUT2D eigenvalue weighted by molar-refractivity contribution is 5.56. The Labute approximate surface area is 103 Å². The van der Waals surface area contributed by atoms with E-state index < -0.39 is 6.29 Å². The molecule has 0 radical (unpaired) electrons. The lowest BCUT2D eigenvalue weighted by molar-refractivity contribution is -0.286. The van der Waals surface area contributed by atoms with E-state index in [-0.39, 0.29) is 17.6 Å². The molecule has 98 valence electrons. The predicted octanol–water partition coefficient (Wildman–Crippen LogP) is 2.60. The Hall–Kier alpha value is -1.56. The third-order valence-electron chi connectivity index (χ3n) is 2.96. The maximum Gasteiger partial charge on any atom is 0.586 e. The number of fused-ring (bicyclic) bond motifs is 1. The second kappa shape index (κ2) is 4.28. The van der Waals surface area contributed by atoms with Crippen LogP contribution in [0, 0.1) is 0 Å². The molecule has 0 aromatic heterocycles. The SMILES string of the molecule is FC1(F)Oc2ccc(NCC3CCCO3)cc2O1. The lowest BCUT2D eigenvalue weighted by Crippen LogP contribution is -2.25. The fourth-order valence-electron chi connectivity index (χ4n) is 2.10. The Kier molecular flexibility index (Phi) is 2.74. The third kappa shape index (κ3) is 2.33. The molecule has 18 heavy (non-hydrogen) atoms. The van der Waals surface area contributed by atoms with Gasteiger partial charge in [-0.2, -0.15) is 0 Å². The molecule has 2 aliphatic heterocycles. The van der Waals surface area contributed by atoms with E-state index in [9.17, 15) is 8.78 Å². The summed E-state index contributed by atoms with van der Waals surface area (Å²) in [6, 6.07) is 4.65. The van der Waals surface area contributed by atoms with Crippen LogP contribution in [-0.4, -0.2) is 25.6 Å². The smallest absolute Gasteiger partial charge is 0.395 e. The molecule has 1 fully saturated rings. The van der Waals surface area contributed by atoms with Gasteiger partial charge in [0.1, 0.15) is 0 Å². The summed E-state index contributed by atoms with van der Waals surface area (Å²) in [7, 11) is 0. The number of ether oxygens (including phenoxy) is 3. The number of halogens is 2. The maximum atomic E-state index is 12.8. The highest BCUT2D eigenvalue weighted by atomic mass is 19.3. The van der Waals surface area contributed by atoms with Crippen LogP contribution >= 0.6 is 0 Å². The molecule has 1 aromatic carbocycles. The van der Waals surface area contributed by atoms with Crippen LogP contribution < -0.4 is 14.8 Å². The first kappa shape index (κ1) is 11.5. The van der Waals surface area contributed by atoms with Crippen LogP contribution in [0.1, 0.15) is 12.8 Å². The monoisotopic (exact) mass is 257 g/mol. The summed E-state index contributed by atoms with van der Waals surface area (Å²) in [6.45, 7) is 1.45. The summed E-state index contributed by atoms with van der Waals surface area (Å²) < 4.78 is 39.8. The molecule has 4 nitrogen and oxygen atoms in total. The number of alkyl halides is 2. The molecule has 1 unspecified atom stereocenters. The summed E-state index contributed by atoms with van der Waals surface area (Å²) in [4.78, 5) is 0. The lowest BCUT2D eigenvalue weighted by Gasteiger charge is -2.11. The van der Waals surface area contributed by atoms with Crippen LogP contribution in [0.3, 0.4) is 0 Å². The third-order valence-corrected chi connectivity index (χ3v) is 2.96. The highest BCUT2D eigenvalue weighted by Gasteiger charge is 2.43. The molecule has 3 rings (SSSR count). The molecule has 1 N–H and O–H groups in total. The van der Waals surface area contributed by atoms with Crippen LogP contribution in [0.25, 0.3) is 0 Å². The van der Waals surface area contributed by atoms with Crippen molar-refractivity contribution in [2.24, 2.45) is 0 Å². The maximum absolute atomic E-state index is 12.8. The first-order valence-corrected chi connectivity index (χ1v) is 5.88. The first-order valence-electron chi connectivity index (χ1n) is 5.88. The van der Waals surface area contributed by atoms with Gasteiger partial charge in [-0.25, -0.2) is 0 Å². The van der Waals surface area contributed by atoms with Crippen molar-refractivity contribution in [3.05, 3.63) is 18.2 Å². The molecule has 2 heterocycles. The molecule has 1 atom stereocenters. The average molecular weight is 257 g/mol. The quantitative estimate of drug-likeness (QED) is 0.903. The summed E-state index contributed by atoms with van der Waals surface area (Å²) in [5, 5.41) is 3.14. The lowest BCUT2D eigenvalue weighted by atomic mass is 10.2. The number of rotatable bonds is 3. The van der Waals surface area contributed by atoms with Gasteiger partial charge in [0.2, 0.25) is 0 Å². The predicted molar refractivity (Wildman–Crippen MR) is 60.1 cm³/mol. The highest BCUT2D eigenvalue weighted by Crippen LogP contribution is 2.42. The van der Waals surface area contributed by atoms with Crippen molar-refractivity contribution in [2.75, 3.05) is 18.5 Å². The summed E-state index contributed by atoms with van der Waals surface area (Å²) in [5.74, 6) is 0.111. The molecular formula is C12H13F2NO3. The molecule has 0 bridgehead atoms. The minimum atomic E-state index is -3.56. The Morgan fingerprint density at radius 3 is 2.89 bits per heavy atom. The molecular weight excluding hydrogens is 244 g/mol. The van der Waals surface area contributed by atoms with Gasteiger partial charge in [0.25, 0.3) is 0 Å². The van der Waals surface area contributed by atoms with E-state index in [1.165, 1.54) is 12.1 Å². The van der Waals surface area contributed by atoms with Crippen LogP contribution in [0.15, 0.2) is 18.2 Å². The molecule has 6 heteroatoms. The van der Waals surface area contributed by atoms with Gasteiger partial charge in [0.15, 0.2) is 11.5 Å². The zero-order valence-electron chi connectivity index (χ0n) is 9.62. The molecule has 0 aliphatic carbocycles. The molecule has 1 aromatic rings. The van der Waals surface area contributed by atoms with E-state index in [1.807, 2.05) is 0 Å². The van der Waals surface area contributed by atoms with E-state index in [4.69, 9.17) is 4.74 Å². The van der Waals surface area contributed by atoms with E-state index in [0.29, 0.717) is 12.2 Å². The van der Waals surface area contributed by atoms with Gasteiger partial charge in [-0.3, -0.25) is 0 Å². The largest absolute Gasteiger partial charge is 0.586 e. The normalized spacial score (nSPS) is 24.2. The van der Waals surface area contributed by atoms with E-state index in [1.54, 1.807) is 6.07 Å². The fourth-order valence-corrected chi connectivity index (χ4v) is 2.10. The second-order valence-electron chi connectivity index (χ2n) is 4.34. The van der Waals surface area contributed by atoms with Gasteiger partial charge >= 0.3 is 6.29 Å². The molecule has 0 amide bonds. The molecule has 2 aliphatic rings. The number of anilines is 1. The van der Waals surface area contributed by atoms with Crippen molar-refractivity contribution in [1.82, 2.24) is 0 Å². The summed E-state index contributed by atoms with van der Waals surface area (Å²) in [5.41, 5.74) is 0.713. The number of benzene rings is 1. The van der Waals surface area contributed by atoms with Crippen molar-refractivity contribution in [3.63, 3.8) is 0 Å². The zero-order chi connectivity index (χ0) is 12.6. The van der Waals surface area contributed by atoms with Crippen LogP contribution in [0.4, 0.5) is 14.5 Å². The average Bonchev–Trinajstić information content (AvgIpc) is 2.90. The van der Waals surface area contributed by atoms with Gasteiger partial charge in [-0.05, 0) is 25.0 Å². The number of hydrogen-bond acceptors (Lipinski definition) is 4. The van der Waals surface area contributed by atoms with Gasteiger partial charge in [0, 0.05) is 24.9 Å². The summed E-state index contributed by atoms with van der Waals surface area (Å²) in [6.07, 6.45) is -1.28. The summed E-state index contributed by atoms with van der Waals surface area (Å²) >= 11 is 0. The minimum absolute atomic E-state index is 0.0531. The van der Waals surface area contributed by atoms with Crippen molar-refractivity contribution >= 4 is 5.69 Å². The van der Waals surface area contributed by atoms with Gasteiger partial charge in [-0.15, -0.1) is 8.78 Å². The van der Waals surface area contributed by atoms with E-state index >= 15 is 0 Å². The zero-order valence-corrected chi connectivity index (χ0v) is 9.62. The molecule has 0 saturated carbocycles. The second-order valence-corrected chi connectivity index (χ2v) is 4.34. The number of hydrogen-bond donors (Lipinski definition) is 1. The minimum Gasteiger partial charge on any atom is -0.395 e. The van der Waals surface area contributed by atoms with E-state index in [2.05, 4.69) is 14.8 Å². The molecule has 0 spiro atoms. The Morgan fingerprint density at radius 1 is 1.28 bits per heavy atom. The van der Waals surface area contributed by atoms with Crippen molar-refractivity contribution in [3.8, 4) is 11.5 Å². The fraction of sp³-hybridized carbons (Fsp3) is 0.500. The van der Waals surface area contributed by atoms with Crippen molar-refractivity contribution in [1.29, 1.82) is 0 Å². The van der Waals surface area contributed by atoms with Gasteiger partial charge < -0.3 is 19.5 Å². The van der Waals surface area contributed by atoms with Crippen molar-refractivity contribution in [2.45, 2.75) is 25.2 Å². The van der Waals surface area contributed by atoms with Crippen LogP contribution in [0.2, 0.25) is 0 Å². The molecule has 1 saturated heterocycles. The standard InChI is InChI=1S/C12H13F2NO3/c13-12(14)17-10-4-3-8(6-11(10)18-12)15-7-9-2-1-5-16-9/h3-4,6,9,15H,1-2,5,7H2. The first-order chi connectivity index (χ1) is 8.62. The van der Waals surface area contributed by atoms with Gasteiger partial charge in [-0.1, -0.05) is 0 Å². The number of nitrogens with one attached hydrogen (secondary N) is 1. The van der Waals surface area contributed by atoms with Crippen molar-refractivity contribution < 1.29 is 23.0 Å². The Balaban J connectivity index is 1.64. The van der Waals surface area contributed by atoms with Crippen LogP contribution in [0.5, 0.6) is 11.5 Å². The topological polar surface area (TPSA) is 39.7 Å². The Bertz CT molecular complexity index is 447. The van der Waals surface area contributed by atoms with Crippen LogP contribution in [-0.2, 0) is 4.74 Å². The Morgan fingerprint density at radius 2 is 2.11 bits per heavy atom. The van der Waals surface area contributed by atoms with E-state index in [0.717, 1.165) is 19.4 Å².